The fourth-order valence-corrected chi connectivity index (χ4v) is 2.45. The molecule has 0 aliphatic carbocycles. The van der Waals surface area contributed by atoms with E-state index in [0.29, 0.717) is 13.1 Å². The molecule has 1 aromatic heterocycles. The molecule has 102 valence electrons. The van der Waals surface area contributed by atoms with Crippen molar-refractivity contribution in [3.8, 4) is 0 Å². The van der Waals surface area contributed by atoms with Gasteiger partial charge in [0, 0.05) is 11.9 Å². The molecule has 1 heterocycles. The first-order chi connectivity index (χ1) is 8.31. The Hall–Kier alpha value is -0.940. The first-order valence-electron chi connectivity index (χ1n) is 6.20. The number of hydrogen-bond donors (Lipinski definition) is 2. The quantitative estimate of drug-likeness (QED) is 0.860. The summed E-state index contributed by atoms with van der Waals surface area (Å²) in [7, 11) is 0. The zero-order chi connectivity index (χ0) is 13.8. The van der Waals surface area contributed by atoms with E-state index in [9.17, 15) is 4.79 Å². The molecule has 0 aliphatic rings. The van der Waals surface area contributed by atoms with Crippen molar-refractivity contribution in [2.24, 2.45) is 17.1 Å². The van der Waals surface area contributed by atoms with Crippen LogP contribution in [-0.4, -0.2) is 17.4 Å². The van der Waals surface area contributed by atoms with Gasteiger partial charge < -0.3 is 11.1 Å². The van der Waals surface area contributed by atoms with Gasteiger partial charge in [-0.3, -0.25) is 4.79 Å². The number of nitrogens with zero attached hydrogens (tertiary/aromatic N) is 1. The Morgan fingerprint density at radius 1 is 1.56 bits per heavy atom. The maximum Gasteiger partial charge on any atom is 0.224 e. The molecule has 3 N–H and O–H groups in total. The molecule has 1 atom stereocenters. The molecule has 4 nitrogen and oxygen atoms in total. The third kappa shape index (κ3) is 5.14. The van der Waals surface area contributed by atoms with E-state index < -0.39 is 0 Å². The average Bonchev–Trinajstić information content (AvgIpc) is 2.67. The zero-order valence-electron chi connectivity index (χ0n) is 11.6. The Morgan fingerprint density at radius 3 is 2.67 bits per heavy atom. The third-order valence-corrected chi connectivity index (χ3v) is 3.45. The van der Waals surface area contributed by atoms with Gasteiger partial charge in [0.1, 0.15) is 0 Å². The summed E-state index contributed by atoms with van der Waals surface area (Å²) in [5.74, 6) is -0.0946. The molecule has 0 saturated heterocycles. The van der Waals surface area contributed by atoms with Gasteiger partial charge in [-0.25, -0.2) is 4.98 Å². The van der Waals surface area contributed by atoms with Crippen LogP contribution in [0.3, 0.4) is 0 Å². The molecular weight excluding hydrogens is 246 g/mol. The highest BCUT2D eigenvalue weighted by molar-refractivity contribution is 7.09. The van der Waals surface area contributed by atoms with Gasteiger partial charge in [0.25, 0.3) is 0 Å². The van der Waals surface area contributed by atoms with Crippen LogP contribution in [0.2, 0.25) is 0 Å². The van der Waals surface area contributed by atoms with E-state index in [1.807, 2.05) is 12.3 Å². The van der Waals surface area contributed by atoms with E-state index in [1.165, 1.54) is 0 Å². The van der Waals surface area contributed by atoms with Crippen molar-refractivity contribution in [1.82, 2.24) is 10.3 Å². The van der Waals surface area contributed by atoms with Crippen LogP contribution in [-0.2, 0) is 11.3 Å². The summed E-state index contributed by atoms with van der Waals surface area (Å²) >= 11 is 1.59. The fourth-order valence-electron chi connectivity index (χ4n) is 1.83. The van der Waals surface area contributed by atoms with E-state index in [-0.39, 0.29) is 17.2 Å². The second kappa shape index (κ2) is 6.29. The topological polar surface area (TPSA) is 68.0 Å². The van der Waals surface area contributed by atoms with E-state index in [4.69, 9.17) is 5.73 Å². The first-order valence-corrected chi connectivity index (χ1v) is 7.08. The molecule has 1 amide bonds. The molecule has 0 bridgehead atoms. The number of nitrogens with two attached hydrogens (primary N) is 1. The number of amides is 1. The number of thiazole rings is 1. The van der Waals surface area contributed by atoms with Gasteiger partial charge in [-0.15, -0.1) is 11.3 Å². The third-order valence-electron chi connectivity index (χ3n) is 2.62. The molecule has 0 spiro atoms. The molecule has 5 heteroatoms. The highest BCUT2D eigenvalue weighted by Gasteiger charge is 2.23. The molecule has 0 saturated carbocycles. The Kier molecular flexibility index (Phi) is 5.28. The summed E-state index contributed by atoms with van der Waals surface area (Å²) in [6.07, 6.45) is 0.797. The minimum Gasteiger partial charge on any atom is -0.350 e. The van der Waals surface area contributed by atoms with Gasteiger partial charge in [0.05, 0.1) is 23.2 Å². The highest BCUT2D eigenvalue weighted by atomic mass is 32.1. The van der Waals surface area contributed by atoms with Crippen LogP contribution in [0.1, 0.15) is 37.9 Å². The van der Waals surface area contributed by atoms with Crippen LogP contribution < -0.4 is 11.1 Å². The first kappa shape index (κ1) is 15.1. The molecule has 18 heavy (non-hydrogen) atoms. The molecule has 0 aromatic carbocycles. The van der Waals surface area contributed by atoms with Gasteiger partial charge in [-0.2, -0.15) is 0 Å². The van der Waals surface area contributed by atoms with Crippen LogP contribution in [0.5, 0.6) is 0 Å². The largest absolute Gasteiger partial charge is 0.350 e. The minimum atomic E-state index is -0.121. The van der Waals surface area contributed by atoms with Crippen molar-refractivity contribution in [1.29, 1.82) is 0 Å². The summed E-state index contributed by atoms with van der Waals surface area (Å²) in [5, 5.41) is 5.90. The van der Waals surface area contributed by atoms with Crippen LogP contribution >= 0.6 is 11.3 Å². The van der Waals surface area contributed by atoms with Crippen molar-refractivity contribution >= 4 is 17.2 Å². The second-order valence-electron chi connectivity index (χ2n) is 5.77. The number of hydrogen-bond acceptors (Lipinski definition) is 4. The van der Waals surface area contributed by atoms with Crippen LogP contribution in [0.4, 0.5) is 0 Å². The number of aryl methyl sites for hydroxylation is 1. The van der Waals surface area contributed by atoms with Crippen LogP contribution in [0.25, 0.3) is 0 Å². The predicted octanol–water partition coefficient (Wildman–Crippen LogP) is 2.08. The van der Waals surface area contributed by atoms with Crippen LogP contribution in [0.15, 0.2) is 5.38 Å². The Labute approximate surface area is 113 Å². The van der Waals surface area contributed by atoms with E-state index >= 15 is 0 Å². The van der Waals surface area contributed by atoms with Crippen molar-refractivity contribution in [3.63, 3.8) is 0 Å². The zero-order valence-corrected chi connectivity index (χ0v) is 12.4. The van der Waals surface area contributed by atoms with Gasteiger partial charge in [0.15, 0.2) is 0 Å². The number of aromatic nitrogens is 1. The van der Waals surface area contributed by atoms with E-state index in [2.05, 4.69) is 31.1 Å². The average molecular weight is 269 g/mol. The normalized spacial score (nSPS) is 13.4. The smallest absolute Gasteiger partial charge is 0.224 e. The second-order valence-corrected chi connectivity index (χ2v) is 6.84. The summed E-state index contributed by atoms with van der Waals surface area (Å²) in [6, 6.07) is 0. The summed E-state index contributed by atoms with van der Waals surface area (Å²) in [6.45, 7) is 9.19. The lowest BCUT2D eigenvalue weighted by molar-refractivity contribution is -0.125. The number of carbonyl (C=O) groups is 1. The fraction of sp³-hybridized carbons (Fsp3) is 0.692. The number of rotatable bonds is 5. The van der Waals surface area contributed by atoms with Crippen molar-refractivity contribution in [2.45, 2.75) is 40.7 Å². The maximum atomic E-state index is 12.0. The number of carbonyl (C=O) groups excluding carboxylic acids is 1. The lowest BCUT2D eigenvalue weighted by Crippen LogP contribution is -2.36. The van der Waals surface area contributed by atoms with Crippen molar-refractivity contribution in [2.75, 3.05) is 6.54 Å². The monoisotopic (exact) mass is 269 g/mol. The minimum absolute atomic E-state index is 0.0260. The molecule has 1 aromatic rings. The van der Waals surface area contributed by atoms with Crippen molar-refractivity contribution in [3.05, 3.63) is 16.1 Å². The summed E-state index contributed by atoms with van der Waals surface area (Å²) in [5.41, 5.74) is 6.70. The predicted molar refractivity (Wildman–Crippen MR) is 75.3 cm³/mol. The van der Waals surface area contributed by atoms with Crippen molar-refractivity contribution < 1.29 is 4.79 Å². The van der Waals surface area contributed by atoms with Gasteiger partial charge in [-0.1, -0.05) is 20.8 Å². The van der Waals surface area contributed by atoms with Gasteiger partial charge in [0.2, 0.25) is 5.91 Å². The SMILES string of the molecule is Cc1nc(CNC(=O)C(CN)CC(C)(C)C)cs1. The lowest BCUT2D eigenvalue weighted by Gasteiger charge is -2.24. The molecular formula is C13H23N3OS. The summed E-state index contributed by atoms with van der Waals surface area (Å²) < 4.78 is 0. The molecule has 0 fully saturated rings. The van der Waals surface area contributed by atoms with E-state index in [1.54, 1.807) is 11.3 Å². The molecule has 0 aliphatic heterocycles. The van der Waals surface area contributed by atoms with Gasteiger partial charge in [-0.05, 0) is 18.8 Å². The maximum absolute atomic E-state index is 12.0. The highest BCUT2D eigenvalue weighted by Crippen LogP contribution is 2.24. The van der Waals surface area contributed by atoms with E-state index in [0.717, 1.165) is 17.1 Å². The van der Waals surface area contributed by atoms with Gasteiger partial charge >= 0.3 is 0 Å². The Bertz CT molecular complexity index is 395. The van der Waals surface area contributed by atoms with Crippen LogP contribution in [0, 0.1) is 18.3 Å². The number of nitrogens with one attached hydrogen (secondary N) is 1. The Balaban J connectivity index is 2.47. The molecule has 0 radical (unpaired) electrons. The lowest BCUT2D eigenvalue weighted by atomic mass is 9.84. The molecule has 1 rings (SSSR count). The summed E-state index contributed by atoms with van der Waals surface area (Å²) in [4.78, 5) is 16.3. The molecule has 1 unspecified atom stereocenters. The Morgan fingerprint density at radius 2 is 2.22 bits per heavy atom. The standard InChI is InChI=1S/C13H23N3OS/c1-9-16-11(8-18-9)7-15-12(17)10(6-14)5-13(2,3)4/h8,10H,5-7,14H2,1-4H3,(H,15,17).